The Labute approximate surface area is 117 Å². The molecule has 1 saturated heterocycles. The van der Waals surface area contributed by atoms with Crippen molar-refractivity contribution >= 4 is 28.6 Å². The summed E-state index contributed by atoms with van der Waals surface area (Å²) >= 11 is 2.42. The molecule has 4 heteroatoms. The van der Waals surface area contributed by atoms with Crippen molar-refractivity contribution in [3.05, 3.63) is 29.3 Å². The zero-order valence-electron chi connectivity index (χ0n) is 10.2. The molecular formula is C13H18IN3. The van der Waals surface area contributed by atoms with E-state index in [1.807, 2.05) is 0 Å². The summed E-state index contributed by atoms with van der Waals surface area (Å²) < 4.78 is 2.36. The molecule has 3 rings (SSSR count). The molecule has 0 atom stereocenters. The zero-order chi connectivity index (χ0) is 11.8. The van der Waals surface area contributed by atoms with Crippen molar-refractivity contribution in [3.63, 3.8) is 0 Å². The van der Waals surface area contributed by atoms with Gasteiger partial charge in [0.1, 0.15) is 0 Å². The summed E-state index contributed by atoms with van der Waals surface area (Å²) in [7, 11) is 2.21. The number of hydrogen-bond donors (Lipinski definition) is 0. The van der Waals surface area contributed by atoms with E-state index in [1.165, 1.54) is 24.3 Å². The van der Waals surface area contributed by atoms with Gasteiger partial charge in [-0.2, -0.15) is 0 Å². The summed E-state index contributed by atoms with van der Waals surface area (Å²) in [5, 5.41) is 0. The largest absolute Gasteiger partial charge is 0.369 e. The molecule has 0 aromatic heterocycles. The van der Waals surface area contributed by atoms with Crippen LogP contribution in [0.4, 0.5) is 5.69 Å². The van der Waals surface area contributed by atoms with Crippen LogP contribution in [0.25, 0.3) is 0 Å². The number of halogens is 1. The topological polar surface area (TPSA) is 9.72 Å². The van der Waals surface area contributed by atoms with Crippen molar-refractivity contribution in [2.45, 2.75) is 13.1 Å². The van der Waals surface area contributed by atoms with Gasteiger partial charge in [0.05, 0.1) is 0 Å². The third-order valence-electron chi connectivity index (χ3n) is 3.76. The quantitative estimate of drug-likeness (QED) is 0.571. The van der Waals surface area contributed by atoms with Gasteiger partial charge in [0.25, 0.3) is 0 Å². The minimum Gasteiger partial charge on any atom is -0.369 e. The maximum atomic E-state index is 2.55. The summed E-state index contributed by atoms with van der Waals surface area (Å²) in [6, 6.07) is 6.77. The number of benzene rings is 1. The second-order valence-corrected chi connectivity index (χ2v) is 6.35. The molecule has 2 aliphatic heterocycles. The Balaban J connectivity index is 1.87. The molecule has 92 valence electrons. The lowest BCUT2D eigenvalue weighted by molar-refractivity contribution is 0.312. The first-order valence-corrected chi connectivity index (χ1v) is 7.15. The van der Waals surface area contributed by atoms with Crippen molar-refractivity contribution in [3.8, 4) is 0 Å². The average molecular weight is 343 g/mol. The molecule has 0 unspecified atom stereocenters. The maximum Gasteiger partial charge on any atom is 0.0416 e. The molecular weight excluding hydrogens is 325 g/mol. The maximum absolute atomic E-state index is 2.55. The minimum absolute atomic E-state index is 1.09. The van der Waals surface area contributed by atoms with Gasteiger partial charge in [-0.3, -0.25) is 0 Å². The molecule has 0 spiro atoms. The van der Waals surface area contributed by atoms with Crippen LogP contribution in [0.5, 0.6) is 0 Å². The molecule has 0 bridgehead atoms. The van der Waals surface area contributed by atoms with Crippen LogP contribution in [0.15, 0.2) is 18.2 Å². The normalized spacial score (nSPS) is 21.9. The smallest absolute Gasteiger partial charge is 0.0416 e. The monoisotopic (exact) mass is 343 g/mol. The van der Waals surface area contributed by atoms with Crippen LogP contribution in [-0.2, 0) is 13.1 Å². The van der Waals surface area contributed by atoms with Crippen LogP contribution < -0.4 is 4.90 Å². The highest BCUT2D eigenvalue weighted by atomic mass is 127. The van der Waals surface area contributed by atoms with Crippen molar-refractivity contribution in [2.75, 3.05) is 38.1 Å². The van der Waals surface area contributed by atoms with Crippen molar-refractivity contribution in [2.24, 2.45) is 0 Å². The van der Waals surface area contributed by atoms with E-state index in [0.29, 0.717) is 0 Å². The van der Waals surface area contributed by atoms with Crippen LogP contribution in [-0.4, -0.2) is 41.2 Å². The highest BCUT2D eigenvalue weighted by molar-refractivity contribution is 14.1. The summed E-state index contributed by atoms with van der Waals surface area (Å²) in [5.74, 6) is 0. The van der Waals surface area contributed by atoms with Gasteiger partial charge in [-0.05, 0) is 24.2 Å². The van der Waals surface area contributed by atoms with Gasteiger partial charge in [-0.1, -0.05) is 12.1 Å². The number of hydrogen-bond acceptors (Lipinski definition) is 3. The van der Waals surface area contributed by atoms with Gasteiger partial charge in [0.15, 0.2) is 0 Å². The molecule has 17 heavy (non-hydrogen) atoms. The molecule has 2 heterocycles. The Morgan fingerprint density at radius 2 is 1.82 bits per heavy atom. The molecule has 0 amide bonds. The van der Waals surface area contributed by atoms with E-state index in [4.69, 9.17) is 0 Å². The number of fused-ring (bicyclic) bond motifs is 1. The van der Waals surface area contributed by atoms with E-state index in [0.717, 1.165) is 26.2 Å². The lowest BCUT2D eigenvalue weighted by atomic mass is 10.1. The molecule has 1 aromatic rings. The Hall–Kier alpha value is -0.330. The molecule has 2 aliphatic rings. The fraction of sp³-hybridized carbons (Fsp3) is 0.538. The predicted octanol–water partition coefficient (Wildman–Crippen LogP) is 2.10. The third kappa shape index (κ3) is 2.30. The third-order valence-corrected chi connectivity index (χ3v) is 4.45. The zero-order valence-corrected chi connectivity index (χ0v) is 12.4. The van der Waals surface area contributed by atoms with Crippen LogP contribution >= 0.6 is 22.9 Å². The van der Waals surface area contributed by atoms with E-state index in [1.54, 1.807) is 5.56 Å². The van der Waals surface area contributed by atoms with Gasteiger partial charge >= 0.3 is 0 Å². The lowest BCUT2D eigenvalue weighted by Crippen LogP contribution is -2.44. The Bertz CT molecular complexity index is 413. The van der Waals surface area contributed by atoms with Crippen LogP contribution in [0.3, 0.4) is 0 Å². The number of anilines is 1. The Morgan fingerprint density at radius 1 is 1.06 bits per heavy atom. The van der Waals surface area contributed by atoms with E-state index in [9.17, 15) is 0 Å². The number of rotatable bonds is 1. The summed E-state index contributed by atoms with van der Waals surface area (Å²) in [6.45, 7) is 6.87. The number of piperazine rings is 1. The predicted molar refractivity (Wildman–Crippen MR) is 79.4 cm³/mol. The second-order valence-electron chi connectivity index (χ2n) is 4.98. The van der Waals surface area contributed by atoms with Gasteiger partial charge < -0.3 is 9.80 Å². The van der Waals surface area contributed by atoms with Crippen molar-refractivity contribution in [1.82, 2.24) is 8.01 Å². The van der Waals surface area contributed by atoms with E-state index >= 15 is 0 Å². The standard InChI is InChI=1S/C13H18IN3/c1-15-5-7-16(8-6-15)13-4-2-3-11-9-17(14)10-12(11)13/h2-4H,5-10H2,1H3. The lowest BCUT2D eigenvalue weighted by Gasteiger charge is -2.35. The molecule has 0 N–H and O–H groups in total. The average Bonchev–Trinajstić information content (AvgIpc) is 2.70. The van der Waals surface area contributed by atoms with E-state index < -0.39 is 0 Å². The fourth-order valence-corrected chi connectivity index (χ4v) is 3.42. The number of likely N-dealkylation sites (N-methyl/N-ethyl adjacent to an activating group) is 1. The summed E-state index contributed by atoms with van der Waals surface area (Å²) in [4.78, 5) is 4.96. The minimum atomic E-state index is 1.09. The van der Waals surface area contributed by atoms with Gasteiger partial charge in [0.2, 0.25) is 0 Å². The first-order chi connectivity index (χ1) is 8.24. The summed E-state index contributed by atoms with van der Waals surface area (Å²) in [5.41, 5.74) is 4.53. The fourth-order valence-electron chi connectivity index (χ4n) is 2.71. The number of nitrogens with zero attached hydrogens (tertiary/aromatic N) is 3. The first kappa shape index (κ1) is 11.7. The molecule has 3 nitrogen and oxygen atoms in total. The molecule has 0 radical (unpaired) electrons. The van der Waals surface area contributed by atoms with Crippen LogP contribution in [0.2, 0.25) is 0 Å². The Kier molecular flexibility index (Phi) is 3.28. The first-order valence-electron chi connectivity index (χ1n) is 6.19. The van der Waals surface area contributed by atoms with Gasteiger partial charge in [-0.15, -0.1) is 0 Å². The summed E-state index contributed by atoms with van der Waals surface area (Å²) in [6.07, 6.45) is 0. The Morgan fingerprint density at radius 3 is 2.59 bits per heavy atom. The molecule has 0 aliphatic carbocycles. The van der Waals surface area contributed by atoms with Gasteiger partial charge in [-0.25, -0.2) is 3.11 Å². The SMILES string of the molecule is CN1CCN(c2cccc3c2CN(I)C3)CC1. The van der Waals surface area contributed by atoms with Gasteiger partial charge in [0, 0.05) is 67.8 Å². The highest BCUT2D eigenvalue weighted by Crippen LogP contribution is 2.33. The van der Waals surface area contributed by atoms with Crippen LogP contribution in [0.1, 0.15) is 11.1 Å². The van der Waals surface area contributed by atoms with Crippen LogP contribution in [0, 0.1) is 0 Å². The van der Waals surface area contributed by atoms with Crippen molar-refractivity contribution < 1.29 is 0 Å². The highest BCUT2D eigenvalue weighted by Gasteiger charge is 2.23. The van der Waals surface area contributed by atoms with Crippen molar-refractivity contribution in [1.29, 1.82) is 0 Å². The second kappa shape index (κ2) is 4.74. The molecule has 1 aromatic carbocycles. The van der Waals surface area contributed by atoms with E-state index in [2.05, 4.69) is 61.0 Å². The van der Waals surface area contributed by atoms with E-state index in [-0.39, 0.29) is 0 Å². The molecule has 0 saturated carbocycles. The molecule has 1 fully saturated rings.